The molecule has 0 aromatic carbocycles. The SMILES string of the molecule is CSc1nc(C)c(CCC(=O)Nc2cccnc2)c(=O)[nH]1. The first-order valence-corrected chi connectivity index (χ1v) is 7.66. The van der Waals surface area contributed by atoms with E-state index in [1.165, 1.54) is 11.8 Å². The van der Waals surface area contributed by atoms with E-state index in [1.54, 1.807) is 31.5 Å². The molecule has 0 radical (unpaired) electrons. The maximum Gasteiger partial charge on any atom is 0.254 e. The second-order valence-corrected chi connectivity index (χ2v) is 5.22. The van der Waals surface area contributed by atoms with Crippen molar-refractivity contribution in [3.63, 3.8) is 0 Å². The number of carbonyl (C=O) groups is 1. The van der Waals surface area contributed by atoms with E-state index in [2.05, 4.69) is 20.3 Å². The number of H-pyrrole nitrogens is 1. The first-order valence-electron chi connectivity index (χ1n) is 6.44. The highest BCUT2D eigenvalue weighted by molar-refractivity contribution is 7.98. The smallest absolute Gasteiger partial charge is 0.254 e. The van der Waals surface area contributed by atoms with Gasteiger partial charge in [0.15, 0.2) is 5.16 Å². The molecule has 0 unspecified atom stereocenters. The van der Waals surface area contributed by atoms with E-state index >= 15 is 0 Å². The predicted octanol–water partition coefficient (Wildman–Crippen LogP) is 1.77. The Bertz CT molecular complexity index is 685. The number of aryl methyl sites for hydroxylation is 1. The van der Waals surface area contributed by atoms with E-state index in [-0.39, 0.29) is 17.9 Å². The summed E-state index contributed by atoms with van der Waals surface area (Å²) < 4.78 is 0. The monoisotopic (exact) mass is 304 g/mol. The molecule has 0 fully saturated rings. The van der Waals surface area contributed by atoms with Gasteiger partial charge in [-0.3, -0.25) is 14.6 Å². The van der Waals surface area contributed by atoms with Crippen molar-refractivity contribution in [3.8, 4) is 0 Å². The van der Waals surface area contributed by atoms with E-state index < -0.39 is 0 Å². The van der Waals surface area contributed by atoms with Crippen molar-refractivity contribution in [2.45, 2.75) is 24.9 Å². The molecule has 2 N–H and O–H groups in total. The van der Waals surface area contributed by atoms with Gasteiger partial charge in [-0.2, -0.15) is 0 Å². The van der Waals surface area contributed by atoms with E-state index in [9.17, 15) is 9.59 Å². The average molecular weight is 304 g/mol. The Labute approximate surface area is 126 Å². The molecule has 2 aromatic heterocycles. The lowest BCUT2D eigenvalue weighted by atomic mass is 10.1. The lowest BCUT2D eigenvalue weighted by molar-refractivity contribution is -0.116. The molecule has 2 rings (SSSR count). The minimum absolute atomic E-state index is 0.157. The van der Waals surface area contributed by atoms with Gasteiger partial charge < -0.3 is 10.3 Å². The topological polar surface area (TPSA) is 87.7 Å². The van der Waals surface area contributed by atoms with E-state index in [1.807, 2.05) is 6.26 Å². The van der Waals surface area contributed by atoms with Crippen LogP contribution in [0.3, 0.4) is 0 Å². The zero-order valence-corrected chi connectivity index (χ0v) is 12.7. The van der Waals surface area contributed by atoms with E-state index in [0.29, 0.717) is 28.5 Å². The van der Waals surface area contributed by atoms with Crippen molar-refractivity contribution in [2.75, 3.05) is 11.6 Å². The molecule has 110 valence electrons. The van der Waals surface area contributed by atoms with Crippen LogP contribution in [0.5, 0.6) is 0 Å². The summed E-state index contributed by atoms with van der Waals surface area (Å²) in [6.07, 6.45) is 5.63. The number of anilines is 1. The molecule has 0 spiro atoms. The molecule has 0 aliphatic rings. The van der Waals surface area contributed by atoms with Crippen LogP contribution in [0.2, 0.25) is 0 Å². The van der Waals surface area contributed by atoms with Crippen molar-refractivity contribution in [2.24, 2.45) is 0 Å². The van der Waals surface area contributed by atoms with Gasteiger partial charge in [0.05, 0.1) is 11.9 Å². The normalized spacial score (nSPS) is 10.4. The predicted molar refractivity (Wildman–Crippen MR) is 82.6 cm³/mol. The van der Waals surface area contributed by atoms with Crippen molar-refractivity contribution in [1.29, 1.82) is 0 Å². The fraction of sp³-hybridized carbons (Fsp3) is 0.286. The molecule has 0 aliphatic heterocycles. The number of nitrogens with zero attached hydrogens (tertiary/aromatic N) is 2. The Hall–Kier alpha value is -2.15. The number of hydrogen-bond donors (Lipinski definition) is 2. The number of pyridine rings is 1. The highest BCUT2D eigenvalue weighted by Gasteiger charge is 2.10. The molecule has 0 aliphatic carbocycles. The van der Waals surface area contributed by atoms with Crippen LogP contribution in [0.4, 0.5) is 5.69 Å². The van der Waals surface area contributed by atoms with Crippen molar-refractivity contribution < 1.29 is 4.79 Å². The molecule has 2 aromatic rings. The van der Waals surface area contributed by atoms with Crippen LogP contribution >= 0.6 is 11.8 Å². The summed E-state index contributed by atoms with van der Waals surface area (Å²) >= 11 is 1.38. The largest absolute Gasteiger partial charge is 0.325 e. The van der Waals surface area contributed by atoms with Gasteiger partial charge in [0.1, 0.15) is 0 Å². The number of amides is 1. The maximum absolute atomic E-state index is 11.9. The molecule has 7 heteroatoms. The highest BCUT2D eigenvalue weighted by Crippen LogP contribution is 2.10. The third kappa shape index (κ3) is 4.16. The fourth-order valence-corrected chi connectivity index (χ4v) is 2.30. The van der Waals surface area contributed by atoms with Gasteiger partial charge >= 0.3 is 0 Å². The van der Waals surface area contributed by atoms with Crippen LogP contribution in [0.25, 0.3) is 0 Å². The van der Waals surface area contributed by atoms with Crippen LogP contribution in [0.15, 0.2) is 34.5 Å². The maximum atomic E-state index is 11.9. The lowest BCUT2D eigenvalue weighted by Gasteiger charge is -2.07. The van der Waals surface area contributed by atoms with E-state index in [4.69, 9.17) is 0 Å². The number of aromatic nitrogens is 3. The molecule has 0 bridgehead atoms. The summed E-state index contributed by atoms with van der Waals surface area (Å²) in [6, 6.07) is 3.51. The Morgan fingerprint density at radius 3 is 2.90 bits per heavy atom. The van der Waals surface area contributed by atoms with Gasteiger partial charge in [0, 0.05) is 23.9 Å². The van der Waals surface area contributed by atoms with Gasteiger partial charge in [-0.05, 0) is 31.7 Å². The van der Waals surface area contributed by atoms with Gasteiger partial charge in [-0.25, -0.2) is 4.98 Å². The summed E-state index contributed by atoms with van der Waals surface area (Å²) in [6.45, 7) is 1.78. The molecule has 21 heavy (non-hydrogen) atoms. The number of carbonyl (C=O) groups excluding carboxylic acids is 1. The first kappa shape index (κ1) is 15.2. The minimum atomic E-state index is -0.180. The molecule has 0 saturated carbocycles. The Morgan fingerprint density at radius 2 is 2.29 bits per heavy atom. The number of nitrogens with one attached hydrogen (secondary N) is 2. The van der Waals surface area contributed by atoms with Gasteiger partial charge in [-0.1, -0.05) is 11.8 Å². The third-order valence-electron chi connectivity index (χ3n) is 2.94. The second-order valence-electron chi connectivity index (χ2n) is 4.43. The van der Waals surface area contributed by atoms with Gasteiger partial charge in [-0.15, -0.1) is 0 Å². The molecule has 6 nitrogen and oxygen atoms in total. The van der Waals surface area contributed by atoms with Crippen molar-refractivity contribution in [1.82, 2.24) is 15.0 Å². The second kappa shape index (κ2) is 7.03. The summed E-state index contributed by atoms with van der Waals surface area (Å²) in [5.41, 5.74) is 1.68. The van der Waals surface area contributed by atoms with E-state index in [0.717, 1.165) is 0 Å². The Kier molecular flexibility index (Phi) is 5.10. The average Bonchev–Trinajstić information content (AvgIpc) is 2.47. The fourth-order valence-electron chi connectivity index (χ4n) is 1.87. The standard InChI is InChI=1S/C14H16N4O2S/c1-9-11(13(20)18-14(16-9)21-2)5-6-12(19)17-10-4-3-7-15-8-10/h3-4,7-8H,5-6H2,1-2H3,(H,17,19)(H,16,18,20). The third-order valence-corrected chi connectivity index (χ3v) is 3.52. The number of aromatic amines is 1. The summed E-state index contributed by atoms with van der Waals surface area (Å²) in [5.74, 6) is -0.157. The van der Waals surface area contributed by atoms with Crippen LogP contribution < -0.4 is 10.9 Å². The molecule has 2 heterocycles. The summed E-state index contributed by atoms with van der Waals surface area (Å²) in [4.78, 5) is 34.7. The number of hydrogen-bond acceptors (Lipinski definition) is 5. The molecule has 0 atom stereocenters. The molecular weight excluding hydrogens is 288 g/mol. The zero-order valence-electron chi connectivity index (χ0n) is 11.8. The van der Waals surface area contributed by atoms with Gasteiger partial charge in [0.2, 0.25) is 5.91 Å². The number of rotatable bonds is 5. The first-order chi connectivity index (χ1) is 10.1. The van der Waals surface area contributed by atoms with Crippen LogP contribution in [0.1, 0.15) is 17.7 Å². The highest BCUT2D eigenvalue weighted by atomic mass is 32.2. The van der Waals surface area contributed by atoms with Gasteiger partial charge in [0.25, 0.3) is 5.56 Å². The zero-order chi connectivity index (χ0) is 15.2. The minimum Gasteiger partial charge on any atom is -0.325 e. The Balaban J connectivity index is 2.00. The quantitative estimate of drug-likeness (QED) is 0.649. The summed E-state index contributed by atoms with van der Waals surface area (Å²) in [7, 11) is 0. The molecule has 1 amide bonds. The van der Waals surface area contributed by atoms with Crippen LogP contribution in [0, 0.1) is 6.92 Å². The number of thioether (sulfide) groups is 1. The van der Waals surface area contributed by atoms with Crippen LogP contribution in [-0.4, -0.2) is 27.1 Å². The lowest BCUT2D eigenvalue weighted by Crippen LogP contribution is -2.20. The van der Waals surface area contributed by atoms with Crippen molar-refractivity contribution in [3.05, 3.63) is 46.1 Å². The molecule has 0 saturated heterocycles. The van der Waals surface area contributed by atoms with Crippen LogP contribution in [-0.2, 0) is 11.2 Å². The molecular formula is C14H16N4O2S. The Morgan fingerprint density at radius 1 is 1.48 bits per heavy atom. The summed E-state index contributed by atoms with van der Waals surface area (Å²) in [5, 5.41) is 3.32. The van der Waals surface area contributed by atoms with Crippen molar-refractivity contribution >= 4 is 23.4 Å².